The van der Waals surface area contributed by atoms with Gasteiger partial charge in [-0.25, -0.2) is 0 Å². The van der Waals surface area contributed by atoms with Crippen molar-refractivity contribution < 1.29 is 10.2 Å². The molecular weight excluding hydrogens is 180 g/mol. The van der Waals surface area contributed by atoms with E-state index in [2.05, 4.69) is 0 Å². The van der Waals surface area contributed by atoms with E-state index in [9.17, 15) is 10.2 Å². The molecule has 0 rings (SSSR count). The summed E-state index contributed by atoms with van der Waals surface area (Å²) in [5.41, 5.74) is 10.5. The molecule has 14 heavy (non-hydrogen) atoms. The van der Waals surface area contributed by atoms with Crippen LogP contribution >= 0.6 is 0 Å². The van der Waals surface area contributed by atoms with Crippen molar-refractivity contribution in [1.82, 2.24) is 0 Å². The molecule has 4 nitrogen and oxygen atoms in total. The quantitative estimate of drug-likeness (QED) is 0.468. The first-order valence-electron chi connectivity index (χ1n) is 5.37. The van der Waals surface area contributed by atoms with Gasteiger partial charge in [0, 0.05) is 0 Å². The first-order valence-corrected chi connectivity index (χ1v) is 5.37. The van der Waals surface area contributed by atoms with Crippen molar-refractivity contribution in [2.75, 3.05) is 6.54 Å². The molecule has 0 radical (unpaired) electrons. The molecule has 6 N–H and O–H groups in total. The summed E-state index contributed by atoms with van der Waals surface area (Å²) < 4.78 is 0. The Kier molecular flexibility index (Phi) is 6.27. The average Bonchev–Trinajstić information content (AvgIpc) is 2.23. The van der Waals surface area contributed by atoms with Crippen molar-refractivity contribution in [2.24, 2.45) is 11.5 Å². The van der Waals surface area contributed by atoms with Crippen molar-refractivity contribution in [2.45, 2.75) is 57.3 Å². The van der Waals surface area contributed by atoms with Crippen molar-refractivity contribution in [3.05, 3.63) is 0 Å². The zero-order valence-electron chi connectivity index (χ0n) is 9.24. The van der Waals surface area contributed by atoms with Crippen LogP contribution in [0.15, 0.2) is 0 Å². The van der Waals surface area contributed by atoms with Crippen molar-refractivity contribution in [1.29, 1.82) is 0 Å². The van der Waals surface area contributed by atoms with E-state index in [1.165, 1.54) is 0 Å². The maximum absolute atomic E-state index is 9.78. The molecule has 0 fully saturated rings. The Balaban J connectivity index is 4.47. The van der Waals surface area contributed by atoms with Crippen LogP contribution in [0, 0.1) is 0 Å². The minimum atomic E-state index is -0.900. The minimum Gasteiger partial charge on any atom is -0.391 e. The van der Waals surface area contributed by atoms with E-state index in [1.54, 1.807) is 0 Å². The van der Waals surface area contributed by atoms with E-state index in [0.717, 1.165) is 6.42 Å². The number of rotatable bonds is 7. The highest BCUT2D eigenvalue weighted by molar-refractivity contribution is 4.96. The summed E-state index contributed by atoms with van der Waals surface area (Å²) in [6.07, 6.45) is 1.07. The van der Waals surface area contributed by atoms with Crippen LogP contribution in [0.5, 0.6) is 0 Å². The molecule has 86 valence electrons. The molecule has 0 aromatic rings. The van der Waals surface area contributed by atoms with E-state index < -0.39 is 17.7 Å². The summed E-state index contributed by atoms with van der Waals surface area (Å²) >= 11 is 0. The zero-order valence-corrected chi connectivity index (χ0v) is 9.24. The maximum Gasteiger partial charge on any atom is 0.0742 e. The lowest BCUT2D eigenvalue weighted by Gasteiger charge is -2.38. The number of aliphatic hydroxyl groups excluding tert-OH is 2. The monoisotopic (exact) mass is 204 g/mol. The van der Waals surface area contributed by atoms with Gasteiger partial charge in [-0.1, -0.05) is 13.8 Å². The third-order valence-electron chi connectivity index (χ3n) is 2.83. The lowest BCUT2D eigenvalue weighted by atomic mass is 9.80. The van der Waals surface area contributed by atoms with Crippen LogP contribution in [-0.4, -0.2) is 34.5 Å². The van der Waals surface area contributed by atoms with Gasteiger partial charge in [-0.3, -0.25) is 0 Å². The third-order valence-corrected chi connectivity index (χ3v) is 2.83. The maximum atomic E-state index is 9.78. The summed E-state index contributed by atoms with van der Waals surface area (Å²) in [5, 5.41) is 19.6. The summed E-state index contributed by atoms with van der Waals surface area (Å²) in [5.74, 6) is 0. The van der Waals surface area contributed by atoms with Crippen LogP contribution in [0.4, 0.5) is 0 Å². The second-order valence-electron chi connectivity index (χ2n) is 3.85. The molecule has 0 aliphatic rings. The number of hydrogen-bond acceptors (Lipinski definition) is 4. The summed E-state index contributed by atoms with van der Waals surface area (Å²) in [6.45, 7) is 4.25. The van der Waals surface area contributed by atoms with Gasteiger partial charge in [-0.15, -0.1) is 0 Å². The van der Waals surface area contributed by atoms with E-state index >= 15 is 0 Å². The fourth-order valence-electron chi connectivity index (χ4n) is 1.72. The average molecular weight is 204 g/mol. The standard InChI is InChI=1S/C10H24N2O2/c1-3-8(13)10(12,6-5-7-11)9(14)4-2/h8-9,13-14H,3-7,11-12H2,1-2H3. The van der Waals surface area contributed by atoms with Crippen LogP contribution in [0.25, 0.3) is 0 Å². The lowest BCUT2D eigenvalue weighted by Crippen LogP contribution is -2.59. The molecule has 0 saturated heterocycles. The van der Waals surface area contributed by atoms with E-state index in [-0.39, 0.29) is 0 Å². The van der Waals surface area contributed by atoms with Gasteiger partial charge in [0.15, 0.2) is 0 Å². The molecule has 0 aromatic heterocycles. The van der Waals surface area contributed by atoms with Gasteiger partial charge in [0.1, 0.15) is 0 Å². The fourth-order valence-corrected chi connectivity index (χ4v) is 1.72. The van der Waals surface area contributed by atoms with Crippen molar-refractivity contribution in [3.63, 3.8) is 0 Å². The topological polar surface area (TPSA) is 92.5 Å². The molecule has 2 atom stereocenters. The molecule has 2 unspecified atom stereocenters. The minimum absolute atomic E-state index is 0.534. The van der Waals surface area contributed by atoms with Gasteiger partial charge in [0.05, 0.1) is 17.7 Å². The van der Waals surface area contributed by atoms with Crippen LogP contribution in [-0.2, 0) is 0 Å². The third kappa shape index (κ3) is 3.20. The first-order chi connectivity index (χ1) is 6.52. The molecule has 0 saturated carbocycles. The van der Waals surface area contributed by atoms with Crippen LogP contribution in [0.1, 0.15) is 39.5 Å². The molecule has 0 aromatic carbocycles. The van der Waals surface area contributed by atoms with Crippen LogP contribution < -0.4 is 11.5 Å². The second-order valence-corrected chi connectivity index (χ2v) is 3.85. The second kappa shape index (κ2) is 6.35. The number of nitrogens with two attached hydrogens (primary N) is 2. The Bertz CT molecular complexity index is 143. The molecule has 0 bridgehead atoms. The largest absolute Gasteiger partial charge is 0.391 e. The predicted octanol–water partition coefficient (Wildman–Crippen LogP) is -0.0354. The summed E-state index contributed by atoms with van der Waals surface area (Å²) in [4.78, 5) is 0. The molecule has 0 amide bonds. The molecular formula is C10H24N2O2. The van der Waals surface area contributed by atoms with E-state index in [0.29, 0.717) is 25.8 Å². The van der Waals surface area contributed by atoms with Gasteiger partial charge < -0.3 is 21.7 Å². The Labute approximate surface area is 86.3 Å². The molecule has 0 aliphatic carbocycles. The van der Waals surface area contributed by atoms with E-state index in [4.69, 9.17) is 11.5 Å². The smallest absolute Gasteiger partial charge is 0.0742 e. The lowest BCUT2D eigenvalue weighted by molar-refractivity contribution is -0.0191. The van der Waals surface area contributed by atoms with Crippen molar-refractivity contribution >= 4 is 0 Å². The normalized spacial score (nSPS) is 20.1. The Hall–Kier alpha value is -0.160. The highest BCUT2D eigenvalue weighted by atomic mass is 16.3. The van der Waals surface area contributed by atoms with Gasteiger partial charge in [0.2, 0.25) is 0 Å². The van der Waals surface area contributed by atoms with Crippen LogP contribution in [0.2, 0.25) is 0 Å². The summed E-state index contributed by atoms with van der Waals surface area (Å²) in [7, 11) is 0. The Morgan fingerprint density at radius 2 is 1.57 bits per heavy atom. The first kappa shape index (κ1) is 13.8. The molecule has 0 heterocycles. The number of hydrogen-bond donors (Lipinski definition) is 4. The molecule has 0 spiro atoms. The highest BCUT2D eigenvalue weighted by Gasteiger charge is 2.38. The van der Waals surface area contributed by atoms with Gasteiger partial charge in [-0.2, -0.15) is 0 Å². The molecule has 4 heteroatoms. The van der Waals surface area contributed by atoms with Gasteiger partial charge in [-0.05, 0) is 32.2 Å². The van der Waals surface area contributed by atoms with Gasteiger partial charge in [0.25, 0.3) is 0 Å². The SMILES string of the molecule is CCC(O)C(N)(CCCN)C(O)CC. The van der Waals surface area contributed by atoms with Crippen molar-refractivity contribution in [3.8, 4) is 0 Å². The predicted molar refractivity (Wildman–Crippen MR) is 57.8 cm³/mol. The Morgan fingerprint density at radius 1 is 1.14 bits per heavy atom. The van der Waals surface area contributed by atoms with Gasteiger partial charge >= 0.3 is 0 Å². The highest BCUT2D eigenvalue weighted by Crippen LogP contribution is 2.23. The number of aliphatic hydroxyl groups is 2. The Morgan fingerprint density at radius 3 is 1.86 bits per heavy atom. The summed E-state index contributed by atoms with van der Waals surface area (Å²) in [6, 6.07) is 0. The van der Waals surface area contributed by atoms with E-state index in [1.807, 2.05) is 13.8 Å². The zero-order chi connectivity index (χ0) is 11.2. The van der Waals surface area contributed by atoms with Crippen LogP contribution in [0.3, 0.4) is 0 Å². The molecule has 0 aliphatic heterocycles. The fraction of sp³-hybridized carbons (Fsp3) is 1.00.